The average molecular weight is 1850 g/mol. The summed E-state index contributed by atoms with van der Waals surface area (Å²) in [5, 5.41) is 20.3. The third-order valence-electron chi connectivity index (χ3n) is 24.3. The van der Waals surface area contributed by atoms with Crippen LogP contribution in [0.2, 0.25) is 103 Å². The number of hydrogen-bond acceptors (Lipinski definition) is 16. The van der Waals surface area contributed by atoms with Crippen molar-refractivity contribution in [1.82, 2.24) is 0 Å². The van der Waals surface area contributed by atoms with Gasteiger partial charge in [0.05, 0.1) is 39.6 Å². The van der Waals surface area contributed by atoms with Crippen LogP contribution in [0.15, 0.2) is 28.4 Å². The number of hydrogen-bond donors (Lipinski definition) is 2. The van der Waals surface area contributed by atoms with E-state index >= 15 is 0 Å². The minimum absolute atomic E-state index is 0. The minimum Gasteiger partial charge on any atom is -0.525 e. The molecule has 7 aliphatic rings. The van der Waals surface area contributed by atoms with Gasteiger partial charge in [-0.3, -0.25) is 9.59 Å². The van der Waals surface area contributed by atoms with Crippen molar-refractivity contribution >= 4 is 66.5 Å². The van der Waals surface area contributed by atoms with E-state index in [1.165, 1.54) is 89.4 Å². The summed E-state index contributed by atoms with van der Waals surface area (Å²) >= 11 is 2.45. The molecule has 0 radical (unpaired) electrons. The van der Waals surface area contributed by atoms with Gasteiger partial charge in [0.15, 0.2) is 49.3 Å². The predicted molar refractivity (Wildman–Crippen MR) is 513 cm³/mol. The van der Waals surface area contributed by atoms with Crippen LogP contribution in [0.3, 0.4) is 0 Å². The minimum atomic E-state index is -1.08. The number of alkyl halides is 1. The van der Waals surface area contributed by atoms with Crippen LogP contribution in [0, 0.1) is 89.2 Å². The van der Waals surface area contributed by atoms with E-state index in [2.05, 4.69) is 169 Å². The number of aromatic hydroxyl groups is 2. The first kappa shape index (κ1) is 108. The Bertz CT molecular complexity index is 3830. The van der Waals surface area contributed by atoms with Crippen LogP contribution in [-0.2, 0) is 50.9 Å². The predicted octanol–water partition coefficient (Wildman–Crippen LogP) is 23.7. The van der Waals surface area contributed by atoms with Crippen LogP contribution >= 0.6 is 22.6 Å². The summed E-state index contributed by atoms with van der Waals surface area (Å²) in [4.78, 5) is 24.2. The van der Waals surface area contributed by atoms with E-state index in [1.54, 1.807) is 20.8 Å². The fourth-order valence-corrected chi connectivity index (χ4v) is 22.0. The average Bonchev–Trinajstić information content (AvgIpc) is 0.784. The number of Topliss-reactive ketones (excluding diaryl/α,β-unsaturated/α-hetero) is 2. The van der Waals surface area contributed by atoms with E-state index in [0.717, 1.165) is 257 Å². The molecule has 0 spiro atoms. The van der Waals surface area contributed by atoms with Gasteiger partial charge in [0.2, 0.25) is 0 Å². The molecule has 678 valence electrons. The Morgan fingerprint density at radius 3 is 1.10 bits per heavy atom. The van der Waals surface area contributed by atoms with Gasteiger partial charge in [-0.25, -0.2) is 0 Å². The molecule has 0 bridgehead atoms. The number of benzene rings is 4. The monoisotopic (exact) mass is 1850 g/mol. The number of carbonyl (C=O) groups excluding carboxylic acids is 2. The molecule has 0 saturated carbocycles. The quantitative estimate of drug-likeness (QED) is 0.0143. The maximum absolute atomic E-state index is 12.2. The number of ketones is 2. The van der Waals surface area contributed by atoms with Crippen LogP contribution in [0.1, 0.15) is 246 Å². The van der Waals surface area contributed by atoms with Gasteiger partial charge in [-0.05, 0) is 246 Å². The van der Waals surface area contributed by atoms with E-state index < -0.39 is 32.3 Å². The first-order valence-electron chi connectivity index (χ1n) is 45.9. The van der Waals surface area contributed by atoms with Crippen LogP contribution < -0.4 is 47.3 Å². The van der Waals surface area contributed by atoms with Crippen molar-refractivity contribution in [1.29, 1.82) is 0 Å². The van der Waals surface area contributed by atoms with E-state index in [0.29, 0.717) is 28.2 Å². The largest absolute Gasteiger partial charge is 1.00 e. The molecule has 1 aliphatic carbocycles. The van der Waals surface area contributed by atoms with Crippen LogP contribution in [0.5, 0.6) is 46.0 Å². The SMILES string of the molecule is CC1=C(C)C(=O)C(CCC[Si](C)(C)C)=C(C)C1=O.C[Si](C)(C)CCCI.Cc1[c-]c(OC2CCCCO2)c(C)c(C)c1OC1CCCCO1.Cc1c(C)c(O)c(CCC[Si](C)(C)C)c(C)c1O.Cc1c(C)c(OC2CCCCO2)c(CCC[Si](C)(C)C)c(C)c1OC1CCCCO1.Cc1cc(OC2CCCCO2)c(C)c(C)c1OC1CCCCO1.[Li+]. The van der Waals surface area contributed by atoms with Crippen molar-refractivity contribution in [3.8, 4) is 46.0 Å². The number of halogens is 1. The van der Waals surface area contributed by atoms with Crippen LogP contribution in [0.25, 0.3) is 0 Å². The van der Waals surface area contributed by atoms with Crippen molar-refractivity contribution in [2.75, 3.05) is 44.1 Å². The molecule has 22 heteroatoms. The molecule has 0 amide bonds. The molecular weight excluding hydrogens is 1690 g/mol. The third-order valence-corrected chi connectivity index (χ3v) is 32.5. The summed E-state index contributed by atoms with van der Waals surface area (Å²) in [6.07, 6.45) is 26.1. The van der Waals surface area contributed by atoms with Gasteiger partial charge in [-0.1, -0.05) is 165 Å². The normalized spacial score (nSPS) is 20.4. The van der Waals surface area contributed by atoms with E-state index in [9.17, 15) is 19.8 Å². The number of ether oxygens (including phenoxy) is 12. The molecule has 2 N–H and O–H groups in total. The summed E-state index contributed by atoms with van der Waals surface area (Å²) < 4.78 is 73.2. The third kappa shape index (κ3) is 35.6. The Morgan fingerprint density at radius 2 is 0.694 bits per heavy atom. The van der Waals surface area contributed by atoms with E-state index in [1.807, 2.05) is 27.7 Å². The van der Waals surface area contributed by atoms with E-state index in [-0.39, 0.29) is 68.2 Å². The van der Waals surface area contributed by atoms with Gasteiger partial charge in [-0.2, -0.15) is 0 Å². The zero-order chi connectivity index (χ0) is 89.0. The molecule has 6 atom stereocenters. The molecule has 121 heavy (non-hydrogen) atoms. The summed E-state index contributed by atoms with van der Waals surface area (Å²) in [7, 11) is -3.85. The van der Waals surface area contributed by atoms with Crippen LogP contribution in [0.4, 0.5) is 0 Å². The molecule has 4 aromatic carbocycles. The Morgan fingerprint density at radius 1 is 0.355 bits per heavy atom. The van der Waals surface area contributed by atoms with Gasteiger partial charge in [0, 0.05) is 116 Å². The number of phenols is 2. The molecular formula is C99H162ILiO16Si4. The topological polar surface area (TPSA) is 185 Å². The van der Waals surface area contributed by atoms with Crippen molar-refractivity contribution in [3.63, 3.8) is 0 Å². The molecule has 6 unspecified atom stereocenters. The molecule has 0 aromatic heterocycles. The first-order chi connectivity index (χ1) is 56.4. The molecule has 6 heterocycles. The first-order valence-corrected chi connectivity index (χ1v) is 62.3. The Hall–Kier alpha value is -3.95. The molecule has 6 saturated heterocycles. The Labute approximate surface area is 763 Å². The van der Waals surface area contributed by atoms with Crippen molar-refractivity contribution < 1.29 is 95.5 Å². The molecule has 6 aliphatic heterocycles. The van der Waals surface area contributed by atoms with Gasteiger partial charge < -0.3 is 67.1 Å². The zero-order valence-corrected chi connectivity index (χ0v) is 87.1. The molecule has 6 fully saturated rings. The summed E-state index contributed by atoms with van der Waals surface area (Å²) in [6.45, 7) is 63.3. The zero-order valence-electron chi connectivity index (χ0n) is 81.0. The summed E-state index contributed by atoms with van der Waals surface area (Å²) in [5.41, 5.74) is 17.4. The van der Waals surface area contributed by atoms with Gasteiger partial charge in [-0.15, -0.1) is 22.8 Å². The number of rotatable bonds is 27. The Kier molecular flexibility index (Phi) is 46.1. The number of carbonyl (C=O) groups is 2. The smallest absolute Gasteiger partial charge is 0.525 e. The summed E-state index contributed by atoms with van der Waals surface area (Å²) in [5.74, 6) is 6.39. The van der Waals surface area contributed by atoms with Crippen molar-refractivity contribution in [2.45, 2.75) is 405 Å². The number of phenolic OH excluding ortho intramolecular Hbond substituents is 2. The van der Waals surface area contributed by atoms with Crippen molar-refractivity contribution in [2.24, 2.45) is 0 Å². The van der Waals surface area contributed by atoms with Crippen LogP contribution in [-0.4, -0.2) is 136 Å². The second-order valence-electron chi connectivity index (χ2n) is 39.6. The fraction of sp³-hybridized carbons (Fsp3) is 0.697. The number of allylic oxidation sites excluding steroid dienone is 4. The fourth-order valence-electron chi connectivity index (χ4n) is 15.9. The Balaban J connectivity index is 0.000000265. The molecule has 11 rings (SSSR count). The van der Waals surface area contributed by atoms with Gasteiger partial charge >= 0.3 is 18.9 Å². The number of aryl methyl sites for hydroxylation is 2. The van der Waals surface area contributed by atoms with Crippen molar-refractivity contribution in [3.05, 3.63) is 112 Å². The summed E-state index contributed by atoms with van der Waals surface area (Å²) in [6, 6.07) is 10.7. The van der Waals surface area contributed by atoms with Gasteiger partial charge in [0.1, 0.15) is 34.5 Å². The maximum Gasteiger partial charge on any atom is 1.00 e. The van der Waals surface area contributed by atoms with E-state index in [4.69, 9.17) is 56.8 Å². The molecule has 16 nitrogen and oxygen atoms in total. The standard InChI is InChI=1S/C25H42O4Si.C19H28O4.C19H27O4.C15H26O2Si.C15H24O2Si.C6H15ISi.Li/c1-18-19(2)25(29-23-14-8-10-16-27-23)21(12-11-17-30(4,5)6)20(3)24(18)28-22-13-7-9-15-26-22;2*1-13-12-16(22-17-8-4-6-10-20-17)14(2)15(3)19(13)23-18-9-5-7-11-21-18;2*1-10-11(2)15(17)13(12(3)14(10)16)8-7-9-18(4,5)6;1-8(2,3)6-4-5-7;/h22-23H,7-17H2,1-6H3;12,17-18H,4-11H2,1-3H3;17-18H,4-11H2,1-3H3;16-17H,7-9H2,1-6H3;7-9H2,1-6H3;4-6H2,1-3H3;/q;;-1;;;;+1. The second-order valence-corrected chi connectivity index (χ2v) is 63.1. The van der Waals surface area contributed by atoms with Gasteiger partial charge in [0.25, 0.3) is 0 Å². The molecule has 4 aromatic rings. The second kappa shape index (κ2) is 51.9. The maximum atomic E-state index is 12.2.